The van der Waals surface area contributed by atoms with Crippen LogP contribution in [0.3, 0.4) is 0 Å². The highest BCUT2D eigenvalue weighted by molar-refractivity contribution is 8.00. The molecule has 2 atom stereocenters. The standard InChI is InChI=1S/C11H11Cl3N2O3S/c1-2-5-3-20-9-6(15)8(17)16(9)7(5)10(18)19-4-11(12,13)14/h2,6,9H,1,3-4,15H2. The molecule has 0 radical (unpaired) electrons. The normalized spacial score (nSPS) is 26.0. The molecular weight excluding hydrogens is 347 g/mol. The fourth-order valence-corrected chi connectivity index (χ4v) is 3.35. The molecule has 0 aromatic rings. The maximum atomic E-state index is 12.1. The summed E-state index contributed by atoms with van der Waals surface area (Å²) in [7, 11) is 0. The van der Waals surface area contributed by atoms with Crippen molar-refractivity contribution in [3.63, 3.8) is 0 Å². The Balaban J connectivity index is 2.21. The summed E-state index contributed by atoms with van der Waals surface area (Å²) in [4.78, 5) is 25.2. The molecule has 110 valence electrons. The number of hydrogen-bond acceptors (Lipinski definition) is 5. The van der Waals surface area contributed by atoms with Gasteiger partial charge in [0.15, 0.2) is 0 Å². The Morgan fingerprint density at radius 1 is 1.60 bits per heavy atom. The van der Waals surface area contributed by atoms with Crippen LogP contribution in [0.15, 0.2) is 23.9 Å². The van der Waals surface area contributed by atoms with Gasteiger partial charge in [-0.2, -0.15) is 0 Å². The summed E-state index contributed by atoms with van der Waals surface area (Å²) in [5.74, 6) is -0.539. The molecule has 0 aromatic carbocycles. The molecule has 0 aromatic heterocycles. The molecule has 9 heteroatoms. The van der Waals surface area contributed by atoms with Crippen LogP contribution in [-0.2, 0) is 14.3 Å². The number of alkyl halides is 3. The Morgan fingerprint density at radius 2 is 2.25 bits per heavy atom. The molecule has 1 fully saturated rings. The van der Waals surface area contributed by atoms with Crippen molar-refractivity contribution in [3.8, 4) is 0 Å². The molecule has 2 aliphatic heterocycles. The van der Waals surface area contributed by atoms with Gasteiger partial charge in [-0.3, -0.25) is 9.69 Å². The van der Waals surface area contributed by atoms with Crippen LogP contribution in [0.2, 0.25) is 0 Å². The summed E-state index contributed by atoms with van der Waals surface area (Å²) in [6.07, 6.45) is 1.51. The van der Waals surface area contributed by atoms with E-state index in [-0.39, 0.29) is 17.0 Å². The van der Waals surface area contributed by atoms with Crippen molar-refractivity contribution < 1.29 is 14.3 Å². The number of hydrogen-bond donors (Lipinski definition) is 1. The van der Waals surface area contributed by atoms with Crippen molar-refractivity contribution in [2.75, 3.05) is 12.4 Å². The number of halogens is 3. The first-order chi connectivity index (χ1) is 9.26. The third-order valence-corrected chi connectivity index (χ3v) is 4.50. The number of ether oxygens (including phenoxy) is 1. The summed E-state index contributed by atoms with van der Waals surface area (Å²) < 4.78 is 3.22. The molecule has 20 heavy (non-hydrogen) atoms. The van der Waals surface area contributed by atoms with Gasteiger partial charge in [-0.1, -0.05) is 47.5 Å². The number of carbonyl (C=O) groups is 2. The Hall–Kier alpha value is -0.400. The van der Waals surface area contributed by atoms with Crippen molar-refractivity contribution in [3.05, 3.63) is 23.9 Å². The number of carbonyl (C=O) groups excluding carboxylic acids is 2. The number of amides is 1. The molecule has 2 N–H and O–H groups in total. The number of allylic oxidation sites excluding steroid dienone is 1. The number of β-lactam (4-membered cyclic amide) rings is 1. The van der Waals surface area contributed by atoms with Crippen LogP contribution in [-0.4, -0.2) is 44.3 Å². The quantitative estimate of drug-likeness (QED) is 0.472. The second-order valence-electron chi connectivity index (χ2n) is 4.20. The molecule has 2 heterocycles. The van der Waals surface area contributed by atoms with Gasteiger partial charge in [0.2, 0.25) is 9.70 Å². The first kappa shape index (κ1) is 16.0. The van der Waals surface area contributed by atoms with Gasteiger partial charge in [-0.05, 0) is 5.57 Å². The fourth-order valence-electron chi connectivity index (χ4n) is 1.90. The van der Waals surface area contributed by atoms with Crippen LogP contribution in [0, 0.1) is 0 Å². The van der Waals surface area contributed by atoms with E-state index in [2.05, 4.69) is 6.58 Å². The van der Waals surface area contributed by atoms with Crippen LogP contribution in [0.25, 0.3) is 0 Å². The number of fused-ring (bicyclic) bond motifs is 1. The molecule has 0 aliphatic carbocycles. The van der Waals surface area contributed by atoms with Crippen molar-refractivity contribution in [2.45, 2.75) is 15.2 Å². The summed E-state index contributed by atoms with van der Waals surface area (Å²) in [6.45, 7) is 3.22. The van der Waals surface area contributed by atoms with Crippen LogP contribution in [0.5, 0.6) is 0 Å². The van der Waals surface area contributed by atoms with Gasteiger partial charge in [0.1, 0.15) is 23.7 Å². The van der Waals surface area contributed by atoms with E-state index in [0.717, 1.165) is 0 Å². The van der Waals surface area contributed by atoms with E-state index in [4.69, 9.17) is 45.3 Å². The predicted molar refractivity (Wildman–Crippen MR) is 79.5 cm³/mol. The Labute approximate surface area is 135 Å². The minimum Gasteiger partial charge on any atom is -0.456 e. The second-order valence-corrected chi connectivity index (χ2v) is 7.83. The topological polar surface area (TPSA) is 72.6 Å². The van der Waals surface area contributed by atoms with Gasteiger partial charge in [-0.15, -0.1) is 11.8 Å². The predicted octanol–water partition coefficient (Wildman–Crippen LogP) is 1.58. The monoisotopic (exact) mass is 356 g/mol. The third kappa shape index (κ3) is 2.94. The highest BCUT2D eigenvalue weighted by Gasteiger charge is 2.51. The third-order valence-electron chi connectivity index (χ3n) is 2.85. The molecule has 0 saturated carbocycles. The molecule has 5 nitrogen and oxygen atoms in total. The molecule has 1 amide bonds. The van der Waals surface area contributed by atoms with Crippen molar-refractivity contribution in [1.82, 2.24) is 4.90 Å². The maximum Gasteiger partial charge on any atom is 0.355 e. The number of esters is 1. The Kier molecular flexibility index (Phi) is 4.61. The fraction of sp³-hybridized carbons (Fsp3) is 0.455. The molecular formula is C11H11Cl3N2O3S. The zero-order valence-electron chi connectivity index (χ0n) is 10.1. The smallest absolute Gasteiger partial charge is 0.355 e. The van der Waals surface area contributed by atoms with Crippen molar-refractivity contribution >= 4 is 58.4 Å². The van der Waals surface area contributed by atoms with E-state index >= 15 is 0 Å². The molecule has 1 saturated heterocycles. The summed E-state index contributed by atoms with van der Waals surface area (Å²) in [5.41, 5.74) is 6.42. The zero-order valence-corrected chi connectivity index (χ0v) is 13.2. The Morgan fingerprint density at radius 3 is 2.80 bits per heavy atom. The minimum absolute atomic E-state index is 0.129. The van der Waals surface area contributed by atoms with Gasteiger partial charge >= 0.3 is 5.97 Å². The summed E-state index contributed by atoms with van der Waals surface area (Å²) in [5, 5.41) is -0.262. The number of thioether (sulfide) groups is 1. The van der Waals surface area contributed by atoms with Crippen molar-refractivity contribution in [2.24, 2.45) is 5.73 Å². The minimum atomic E-state index is -1.71. The van der Waals surface area contributed by atoms with Crippen LogP contribution in [0.4, 0.5) is 0 Å². The lowest BCUT2D eigenvalue weighted by Gasteiger charge is -2.48. The van der Waals surface area contributed by atoms with E-state index in [1.807, 2.05) is 0 Å². The molecule has 0 bridgehead atoms. The van der Waals surface area contributed by atoms with Crippen molar-refractivity contribution in [1.29, 1.82) is 0 Å². The SMILES string of the molecule is C=CC1=C(C(=O)OCC(Cl)(Cl)Cl)N2C(=O)C(N)C2SC1. The Bertz CT molecular complexity index is 504. The van der Waals surface area contributed by atoms with Crippen LogP contribution in [0.1, 0.15) is 0 Å². The number of nitrogens with two attached hydrogens (primary N) is 1. The lowest BCUT2D eigenvalue weighted by molar-refractivity contribution is -0.150. The average molecular weight is 358 g/mol. The lowest BCUT2D eigenvalue weighted by Crippen LogP contribution is -2.68. The second kappa shape index (κ2) is 5.77. The molecule has 0 spiro atoms. The molecule has 2 unspecified atom stereocenters. The van der Waals surface area contributed by atoms with Gasteiger partial charge in [0, 0.05) is 5.75 Å². The molecule has 2 aliphatic rings. The van der Waals surface area contributed by atoms with E-state index in [9.17, 15) is 9.59 Å². The van der Waals surface area contributed by atoms with E-state index in [0.29, 0.717) is 11.3 Å². The van der Waals surface area contributed by atoms with Crippen LogP contribution >= 0.6 is 46.6 Å². The molecule has 2 rings (SSSR count). The summed E-state index contributed by atoms with van der Waals surface area (Å²) >= 11 is 18.1. The lowest BCUT2D eigenvalue weighted by atomic mass is 10.0. The average Bonchev–Trinajstić information content (AvgIpc) is 2.41. The van der Waals surface area contributed by atoms with E-state index in [1.165, 1.54) is 22.7 Å². The largest absolute Gasteiger partial charge is 0.456 e. The van der Waals surface area contributed by atoms with Gasteiger partial charge in [-0.25, -0.2) is 4.79 Å². The van der Waals surface area contributed by atoms with Gasteiger partial charge in [0.25, 0.3) is 0 Å². The first-order valence-corrected chi connectivity index (χ1v) is 7.74. The maximum absolute atomic E-state index is 12.1. The van der Waals surface area contributed by atoms with Crippen LogP contribution < -0.4 is 5.73 Å². The van der Waals surface area contributed by atoms with E-state index in [1.54, 1.807) is 0 Å². The van der Waals surface area contributed by atoms with Gasteiger partial charge in [0.05, 0.1) is 0 Å². The van der Waals surface area contributed by atoms with Gasteiger partial charge < -0.3 is 10.5 Å². The highest BCUT2D eigenvalue weighted by Crippen LogP contribution is 2.40. The number of rotatable bonds is 3. The highest BCUT2D eigenvalue weighted by atomic mass is 35.6. The number of nitrogens with zero attached hydrogens (tertiary/aromatic N) is 1. The summed E-state index contributed by atoms with van der Waals surface area (Å²) in [6, 6.07) is -0.609. The van der Waals surface area contributed by atoms with E-state index < -0.39 is 22.4 Å². The zero-order chi connectivity index (χ0) is 15.1. The first-order valence-electron chi connectivity index (χ1n) is 5.56.